The minimum absolute atomic E-state index is 0.150. The number of allylic oxidation sites excluding steroid dienone is 4. The van der Waals surface area contributed by atoms with Crippen molar-refractivity contribution in [2.24, 2.45) is 11.8 Å². The number of carbonyl (C=O) groups is 1. The Hall–Kier alpha value is -0.890. The lowest BCUT2D eigenvalue weighted by Gasteiger charge is -2.25. The van der Waals surface area contributed by atoms with E-state index in [1.807, 2.05) is 0 Å². The summed E-state index contributed by atoms with van der Waals surface area (Å²) in [6.45, 7) is 4.09. The van der Waals surface area contributed by atoms with Crippen LogP contribution in [0.1, 0.15) is 26.2 Å². The molecule has 0 aromatic rings. The molecule has 0 aromatic carbocycles. The lowest BCUT2D eigenvalue weighted by atomic mass is 9.83. The molecule has 82 valence electrons. The zero-order valence-corrected chi connectivity index (χ0v) is 9.33. The van der Waals surface area contributed by atoms with Crippen LogP contribution in [0.15, 0.2) is 23.8 Å². The number of ketones is 1. The van der Waals surface area contributed by atoms with Gasteiger partial charge in [-0.2, -0.15) is 0 Å². The summed E-state index contributed by atoms with van der Waals surface area (Å²) in [5.41, 5.74) is 1.28. The van der Waals surface area contributed by atoms with Crippen LogP contribution >= 0.6 is 0 Å². The smallest absolute Gasteiger partial charge is 0.143 e. The molecule has 0 spiro atoms. The van der Waals surface area contributed by atoms with Crippen molar-refractivity contribution in [3.63, 3.8) is 0 Å². The molecular formula is C13H19NO. The largest absolute Gasteiger partial charge is 0.317 e. The summed E-state index contributed by atoms with van der Waals surface area (Å²) in [4.78, 5) is 12.2. The van der Waals surface area contributed by atoms with Gasteiger partial charge in [0.1, 0.15) is 5.78 Å². The molecule has 1 unspecified atom stereocenters. The Morgan fingerprint density at radius 1 is 1.40 bits per heavy atom. The summed E-state index contributed by atoms with van der Waals surface area (Å²) in [6.07, 6.45) is 9.28. The summed E-state index contributed by atoms with van der Waals surface area (Å²) < 4.78 is 0. The van der Waals surface area contributed by atoms with Gasteiger partial charge in [0.25, 0.3) is 0 Å². The van der Waals surface area contributed by atoms with E-state index in [1.165, 1.54) is 5.57 Å². The van der Waals surface area contributed by atoms with Crippen LogP contribution in [0.2, 0.25) is 0 Å². The molecular weight excluding hydrogens is 186 g/mol. The van der Waals surface area contributed by atoms with Gasteiger partial charge < -0.3 is 5.32 Å². The number of hydrogen-bond acceptors (Lipinski definition) is 2. The summed E-state index contributed by atoms with van der Waals surface area (Å²) >= 11 is 0. The van der Waals surface area contributed by atoms with E-state index in [9.17, 15) is 4.79 Å². The van der Waals surface area contributed by atoms with E-state index in [0.717, 1.165) is 32.4 Å². The fourth-order valence-corrected chi connectivity index (χ4v) is 2.35. The second-order valence-corrected chi connectivity index (χ2v) is 4.58. The molecule has 1 aliphatic carbocycles. The van der Waals surface area contributed by atoms with Crippen LogP contribution in [-0.4, -0.2) is 18.9 Å². The van der Waals surface area contributed by atoms with Crippen LogP contribution in [0, 0.1) is 11.8 Å². The topological polar surface area (TPSA) is 29.1 Å². The highest BCUT2D eigenvalue weighted by Gasteiger charge is 2.26. The first-order valence-corrected chi connectivity index (χ1v) is 5.87. The number of nitrogens with one attached hydrogen (secondary N) is 1. The zero-order valence-electron chi connectivity index (χ0n) is 9.33. The summed E-state index contributed by atoms with van der Waals surface area (Å²) in [5, 5.41) is 3.30. The number of rotatable bonds is 2. The van der Waals surface area contributed by atoms with Crippen molar-refractivity contribution >= 4 is 5.78 Å². The highest BCUT2D eigenvalue weighted by molar-refractivity contribution is 5.85. The summed E-state index contributed by atoms with van der Waals surface area (Å²) in [6, 6.07) is 0. The maximum absolute atomic E-state index is 12.2. The Balaban J connectivity index is 1.93. The Labute approximate surface area is 91.4 Å². The minimum atomic E-state index is 0.150. The van der Waals surface area contributed by atoms with Gasteiger partial charge in [0.15, 0.2) is 0 Å². The normalized spacial score (nSPS) is 27.5. The van der Waals surface area contributed by atoms with Crippen LogP contribution < -0.4 is 5.32 Å². The quantitative estimate of drug-likeness (QED) is 0.747. The molecule has 1 N–H and O–H groups in total. The van der Waals surface area contributed by atoms with E-state index in [4.69, 9.17) is 0 Å². The number of piperidine rings is 1. The van der Waals surface area contributed by atoms with E-state index in [1.54, 1.807) is 0 Å². The molecule has 1 fully saturated rings. The SMILES string of the molecule is CC1=CCC(C(=O)C2CCNCC2)C=C1. The zero-order chi connectivity index (χ0) is 10.7. The lowest BCUT2D eigenvalue weighted by Crippen LogP contribution is -2.34. The van der Waals surface area contributed by atoms with Gasteiger partial charge >= 0.3 is 0 Å². The van der Waals surface area contributed by atoms with Gasteiger partial charge in [-0.25, -0.2) is 0 Å². The third-order valence-corrected chi connectivity index (χ3v) is 3.39. The Morgan fingerprint density at radius 2 is 2.13 bits per heavy atom. The molecule has 0 saturated carbocycles. The molecule has 0 amide bonds. The van der Waals surface area contributed by atoms with Gasteiger partial charge in [-0.3, -0.25) is 4.79 Å². The Kier molecular flexibility index (Phi) is 3.37. The van der Waals surface area contributed by atoms with Crippen molar-refractivity contribution in [3.8, 4) is 0 Å². The molecule has 1 saturated heterocycles. The monoisotopic (exact) mass is 205 g/mol. The van der Waals surface area contributed by atoms with Crippen LogP contribution in [0.25, 0.3) is 0 Å². The molecule has 2 heteroatoms. The molecule has 0 radical (unpaired) electrons. The fraction of sp³-hybridized carbons (Fsp3) is 0.615. The Morgan fingerprint density at radius 3 is 2.73 bits per heavy atom. The fourth-order valence-electron chi connectivity index (χ4n) is 2.35. The van der Waals surface area contributed by atoms with Gasteiger partial charge in [0, 0.05) is 11.8 Å². The first kappa shape index (κ1) is 10.6. The Bertz CT molecular complexity index is 298. The van der Waals surface area contributed by atoms with Gasteiger partial charge in [-0.15, -0.1) is 0 Å². The van der Waals surface area contributed by atoms with Crippen LogP contribution in [0.4, 0.5) is 0 Å². The molecule has 2 aliphatic rings. The minimum Gasteiger partial charge on any atom is -0.317 e. The molecule has 2 nitrogen and oxygen atoms in total. The van der Waals surface area contributed by atoms with Crippen molar-refractivity contribution in [2.45, 2.75) is 26.2 Å². The second-order valence-electron chi connectivity index (χ2n) is 4.58. The third-order valence-electron chi connectivity index (χ3n) is 3.39. The van der Waals surface area contributed by atoms with Crippen LogP contribution in [-0.2, 0) is 4.79 Å². The third kappa shape index (κ3) is 2.57. The van der Waals surface area contributed by atoms with Crippen molar-refractivity contribution in [3.05, 3.63) is 23.8 Å². The van der Waals surface area contributed by atoms with E-state index in [0.29, 0.717) is 11.7 Å². The highest BCUT2D eigenvalue weighted by atomic mass is 16.1. The first-order valence-electron chi connectivity index (χ1n) is 5.87. The van der Waals surface area contributed by atoms with E-state index in [-0.39, 0.29) is 5.92 Å². The second kappa shape index (κ2) is 4.75. The maximum Gasteiger partial charge on any atom is 0.143 e. The molecule has 1 heterocycles. The van der Waals surface area contributed by atoms with Crippen LogP contribution in [0.3, 0.4) is 0 Å². The van der Waals surface area contributed by atoms with Crippen molar-refractivity contribution in [1.82, 2.24) is 5.32 Å². The van der Waals surface area contributed by atoms with Gasteiger partial charge in [-0.1, -0.05) is 23.8 Å². The van der Waals surface area contributed by atoms with Crippen molar-refractivity contribution < 1.29 is 4.79 Å². The molecule has 0 aromatic heterocycles. The number of Topliss-reactive ketones (excluding diaryl/α,β-unsaturated/α-hetero) is 1. The lowest BCUT2D eigenvalue weighted by molar-refractivity contribution is -0.126. The molecule has 1 aliphatic heterocycles. The molecule has 15 heavy (non-hydrogen) atoms. The number of hydrogen-bond donors (Lipinski definition) is 1. The van der Waals surface area contributed by atoms with E-state index < -0.39 is 0 Å². The summed E-state index contributed by atoms with van der Waals surface area (Å²) in [5.74, 6) is 0.904. The van der Waals surface area contributed by atoms with Gasteiger partial charge in [-0.05, 0) is 39.3 Å². The average molecular weight is 205 g/mol. The predicted octanol–water partition coefficient (Wildman–Crippen LogP) is 2.08. The molecule has 1 atom stereocenters. The van der Waals surface area contributed by atoms with E-state index in [2.05, 4.69) is 30.5 Å². The van der Waals surface area contributed by atoms with Gasteiger partial charge in [0.2, 0.25) is 0 Å². The number of carbonyl (C=O) groups excluding carboxylic acids is 1. The standard InChI is InChI=1S/C13H19NO/c1-10-2-4-11(5-3-10)13(15)12-6-8-14-9-7-12/h2-4,11-12,14H,5-9H2,1H3. The maximum atomic E-state index is 12.2. The van der Waals surface area contributed by atoms with E-state index >= 15 is 0 Å². The van der Waals surface area contributed by atoms with Crippen molar-refractivity contribution in [2.75, 3.05) is 13.1 Å². The van der Waals surface area contributed by atoms with Crippen molar-refractivity contribution in [1.29, 1.82) is 0 Å². The highest BCUT2D eigenvalue weighted by Crippen LogP contribution is 2.24. The predicted molar refractivity (Wildman–Crippen MR) is 61.6 cm³/mol. The average Bonchev–Trinajstić information content (AvgIpc) is 2.30. The molecule has 0 bridgehead atoms. The van der Waals surface area contributed by atoms with Gasteiger partial charge in [0.05, 0.1) is 0 Å². The van der Waals surface area contributed by atoms with Crippen LogP contribution in [0.5, 0.6) is 0 Å². The summed E-state index contributed by atoms with van der Waals surface area (Å²) in [7, 11) is 0. The molecule has 2 rings (SSSR count). The first-order chi connectivity index (χ1) is 7.27.